The van der Waals surface area contributed by atoms with Crippen LogP contribution < -0.4 is 20.5 Å². The third kappa shape index (κ3) is 6.99. The summed E-state index contributed by atoms with van der Waals surface area (Å²) in [4.78, 5) is 10.6. The summed E-state index contributed by atoms with van der Waals surface area (Å²) in [6.45, 7) is 5.59. The van der Waals surface area contributed by atoms with E-state index in [1.807, 2.05) is 32.0 Å². The summed E-state index contributed by atoms with van der Waals surface area (Å²) in [5, 5.41) is 3.34. The van der Waals surface area contributed by atoms with Gasteiger partial charge in [0, 0.05) is 13.0 Å². The predicted molar refractivity (Wildman–Crippen MR) is 83.5 cm³/mol. The van der Waals surface area contributed by atoms with E-state index in [0.29, 0.717) is 6.42 Å². The lowest BCUT2D eigenvalue weighted by Gasteiger charge is -2.14. The van der Waals surface area contributed by atoms with E-state index in [4.69, 9.17) is 15.2 Å². The summed E-state index contributed by atoms with van der Waals surface area (Å²) < 4.78 is 11.0. The number of ether oxygens (including phenoxy) is 2. The molecule has 0 saturated heterocycles. The number of unbranched alkanes of at least 4 members (excludes halogenated alkanes) is 1. The van der Waals surface area contributed by atoms with E-state index in [-0.39, 0.29) is 12.0 Å². The van der Waals surface area contributed by atoms with Crippen LogP contribution in [-0.2, 0) is 11.3 Å². The van der Waals surface area contributed by atoms with Crippen molar-refractivity contribution in [3.05, 3.63) is 23.8 Å². The third-order valence-electron chi connectivity index (χ3n) is 2.95. The summed E-state index contributed by atoms with van der Waals surface area (Å²) in [5.74, 6) is 1.27. The van der Waals surface area contributed by atoms with Crippen molar-refractivity contribution in [2.24, 2.45) is 5.73 Å². The van der Waals surface area contributed by atoms with Crippen molar-refractivity contribution in [3.8, 4) is 11.5 Å². The fraction of sp³-hybridized carbons (Fsp3) is 0.562. The number of carbonyl (C=O) groups is 1. The molecular weight excluding hydrogens is 268 g/mol. The maximum absolute atomic E-state index is 10.6. The van der Waals surface area contributed by atoms with Gasteiger partial charge >= 0.3 is 0 Å². The Bertz CT molecular complexity index is 447. The van der Waals surface area contributed by atoms with Crippen molar-refractivity contribution < 1.29 is 14.3 Å². The zero-order valence-corrected chi connectivity index (χ0v) is 13.1. The van der Waals surface area contributed by atoms with Crippen molar-refractivity contribution in [1.29, 1.82) is 0 Å². The largest absolute Gasteiger partial charge is 0.493 e. The molecule has 1 rings (SSSR count). The van der Waals surface area contributed by atoms with Crippen LogP contribution in [0, 0.1) is 0 Å². The molecule has 0 atom stereocenters. The summed E-state index contributed by atoms with van der Waals surface area (Å²) in [6.07, 6.45) is 2.34. The summed E-state index contributed by atoms with van der Waals surface area (Å²) in [7, 11) is 1.64. The van der Waals surface area contributed by atoms with Crippen LogP contribution in [-0.4, -0.2) is 25.7 Å². The Morgan fingerprint density at radius 1 is 1.29 bits per heavy atom. The van der Waals surface area contributed by atoms with Crippen LogP contribution in [0.1, 0.15) is 38.7 Å². The van der Waals surface area contributed by atoms with Gasteiger partial charge in [-0.3, -0.25) is 4.79 Å². The van der Waals surface area contributed by atoms with E-state index in [2.05, 4.69) is 5.32 Å². The van der Waals surface area contributed by atoms with Gasteiger partial charge < -0.3 is 20.5 Å². The molecule has 0 bridgehead atoms. The van der Waals surface area contributed by atoms with Crippen LogP contribution >= 0.6 is 0 Å². The van der Waals surface area contributed by atoms with Gasteiger partial charge in [-0.05, 0) is 50.9 Å². The van der Waals surface area contributed by atoms with Crippen LogP contribution in [0.15, 0.2) is 18.2 Å². The molecular formula is C16H26N2O3. The monoisotopic (exact) mass is 294 g/mol. The van der Waals surface area contributed by atoms with E-state index in [0.717, 1.165) is 43.0 Å². The lowest BCUT2D eigenvalue weighted by molar-refractivity contribution is -0.118. The molecule has 5 nitrogen and oxygen atoms in total. The molecule has 1 aromatic rings. The van der Waals surface area contributed by atoms with E-state index >= 15 is 0 Å². The molecule has 0 aliphatic heterocycles. The Balaban J connectivity index is 2.40. The maximum atomic E-state index is 10.6. The minimum atomic E-state index is -0.236. The SMILES string of the molecule is COc1cc(CNCCCCC(N)=O)ccc1OC(C)C. The highest BCUT2D eigenvalue weighted by Crippen LogP contribution is 2.28. The van der Waals surface area contributed by atoms with Crippen LogP contribution in [0.25, 0.3) is 0 Å². The van der Waals surface area contributed by atoms with E-state index in [1.54, 1.807) is 7.11 Å². The normalized spacial score (nSPS) is 10.7. The molecule has 0 aromatic heterocycles. The number of rotatable bonds is 10. The first-order valence-electron chi connectivity index (χ1n) is 7.35. The molecule has 1 amide bonds. The summed E-state index contributed by atoms with van der Waals surface area (Å²) in [6, 6.07) is 5.94. The minimum Gasteiger partial charge on any atom is -0.493 e. The van der Waals surface area contributed by atoms with E-state index < -0.39 is 0 Å². The predicted octanol–water partition coefficient (Wildman–Crippen LogP) is 2.23. The number of benzene rings is 1. The van der Waals surface area contributed by atoms with Crippen molar-refractivity contribution in [1.82, 2.24) is 5.32 Å². The highest BCUT2D eigenvalue weighted by atomic mass is 16.5. The molecule has 0 spiro atoms. The standard InChI is InChI=1S/C16H26N2O3/c1-12(2)21-14-8-7-13(10-15(14)20-3)11-18-9-5-4-6-16(17)19/h7-8,10,12,18H,4-6,9,11H2,1-3H3,(H2,17,19). The first kappa shape index (κ1) is 17.3. The molecule has 21 heavy (non-hydrogen) atoms. The smallest absolute Gasteiger partial charge is 0.217 e. The third-order valence-corrected chi connectivity index (χ3v) is 2.95. The molecule has 0 heterocycles. The highest BCUT2D eigenvalue weighted by molar-refractivity contribution is 5.73. The lowest BCUT2D eigenvalue weighted by atomic mass is 10.2. The number of primary amides is 1. The second-order valence-corrected chi connectivity index (χ2v) is 5.25. The zero-order valence-electron chi connectivity index (χ0n) is 13.1. The molecule has 0 fully saturated rings. The average molecular weight is 294 g/mol. The topological polar surface area (TPSA) is 73.6 Å². The Morgan fingerprint density at radius 3 is 2.67 bits per heavy atom. The molecule has 5 heteroatoms. The molecule has 0 radical (unpaired) electrons. The van der Waals surface area contributed by atoms with Crippen LogP contribution in [0.3, 0.4) is 0 Å². The number of methoxy groups -OCH3 is 1. The molecule has 0 aliphatic rings. The van der Waals surface area contributed by atoms with Crippen LogP contribution in [0.4, 0.5) is 0 Å². The number of hydrogen-bond donors (Lipinski definition) is 2. The van der Waals surface area contributed by atoms with Crippen LogP contribution in [0.5, 0.6) is 11.5 Å². The molecule has 118 valence electrons. The molecule has 0 unspecified atom stereocenters. The number of hydrogen-bond acceptors (Lipinski definition) is 4. The molecule has 0 saturated carbocycles. The number of nitrogens with two attached hydrogens (primary N) is 1. The van der Waals surface area contributed by atoms with E-state index in [9.17, 15) is 4.79 Å². The maximum Gasteiger partial charge on any atom is 0.217 e. The minimum absolute atomic E-state index is 0.119. The quantitative estimate of drug-likeness (QED) is 0.649. The molecule has 1 aromatic carbocycles. The average Bonchev–Trinajstić information content (AvgIpc) is 2.43. The fourth-order valence-corrected chi connectivity index (χ4v) is 1.96. The van der Waals surface area contributed by atoms with Crippen molar-refractivity contribution >= 4 is 5.91 Å². The number of nitrogens with one attached hydrogen (secondary N) is 1. The zero-order chi connectivity index (χ0) is 15.7. The molecule has 3 N–H and O–H groups in total. The first-order valence-corrected chi connectivity index (χ1v) is 7.35. The van der Waals surface area contributed by atoms with Gasteiger partial charge in [-0.15, -0.1) is 0 Å². The Morgan fingerprint density at radius 2 is 2.05 bits per heavy atom. The highest BCUT2D eigenvalue weighted by Gasteiger charge is 2.07. The second-order valence-electron chi connectivity index (χ2n) is 5.25. The van der Waals surface area contributed by atoms with Crippen molar-refractivity contribution in [3.63, 3.8) is 0 Å². The Labute approximate surface area is 126 Å². The van der Waals surface area contributed by atoms with Crippen molar-refractivity contribution in [2.45, 2.75) is 45.8 Å². The number of amides is 1. The summed E-state index contributed by atoms with van der Waals surface area (Å²) in [5.41, 5.74) is 6.23. The number of carbonyl (C=O) groups excluding carboxylic acids is 1. The second kappa shape index (κ2) is 9.23. The van der Waals surface area contributed by atoms with Gasteiger partial charge in [0.05, 0.1) is 13.2 Å². The first-order chi connectivity index (χ1) is 10.0. The van der Waals surface area contributed by atoms with Gasteiger partial charge in [0.2, 0.25) is 5.91 Å². The fourth-order valence-electron chi connectivity index (χ4n) is 1.96. The Kier molecular flexibility index (Phi) is 7.61. The van der Waals surface area contributed by atoms with E-state index in [1.165, 1.54) is 0 Å². The van der Waals surface area contributed by atoms with Gasteiger partial charge in [-0.2, -0.15) is 0 Å². The van der Waals surface area contributed by atoms with Gasteiger partial charge in [0.25, 0.3) is 0 Å². The Hall–Kier alpha value is -1.75. The van der Waals surface area contributed by atoms with Gasteiger partial charge in [-0.25, -0.2) is 0 Å². The van der Waals surface area contributed by atoms with Gasteiger partial charge in [-0.1, -0.05) is 6.07 Å². The van der Waals surface area contributed by atoms with Gasteiger partial charge in [0.1, 0.15) is 0 Å². The van der Waals surface area contributed by atoms with Crippen LogP contribution in [0.2, 0.25) is 0 Å². The lowest BCUT2D eigenvalue weighted by Crippen LogP contribution is -2.16. The molecule has 0 aliphatic carbocycles. The van der Waals surface area contributed by atoms with Gasteiger partial charge in [0.15, 0.2) is 11.5 Å². The van der Waals surface area contributed by atoms with Crippen molar-refractivity contribution in [2.75, 3.05) is 13.7 Å². The summed E-state index contributed by atoms with van der Waals surface area (Å²) >= 11 is 0.